The van der Waals surface area contributed by atoms with Gasteiger partial charge in [0, 0.05) is 17.3 Å². The summed E-state index contributed by atoms with van der Waals surface area (Å²) in [6.45, 7) is 1.40. The number of nitrogens with one attached hydrogen (secondary N) is 2. The lowest BCUT2D eigenvalue weighted by atomic mass is 10.1. The second kappa shape index (κ2) is 6.78. The first-order valence-corrected chi connectivity index (χ1v) is 6.55. The van der Waals surface area contributed by atoms with E-state index in [4.69, 9.17) is 0 Å². The van der Waals surface area contributed by atoms with Gasteiger partial charge in [-0.25, -0.2) is 8.78 Å². The van der Waals surface area contributed by atoms with Crippen LogP contribution in [0.25, 0.3) is 0 Å². The minimum absolute atomic E-state index is 0.137. The Balaban J connectivity index is 2.03. The Kier molecular flexibility index (Phi) is 4.80. The fourth-order valence-corrected chi connectivity index (χ4v) is 1.75. The summed E-state index contributed by atoms with van der Waals surface area (Å²) in [5.41, 5.74) is 0.307. The van der Waals surface area contributed by atoms with Crippen molar-refractivity contribution in [1.29, 1.82) is 0 Å². The molecule has 23 heavy (non-hydrogen) atoms. The molecule has 0 atom stereocenters. The second-order valence-corrected chi connectivity index (χ2v) is 4.67. The molecule has 0 unspecified atom stereocenters. The number of benzene rings is 2. The number of ketones is 1. The van der Waals surface area contributed by atoms with Crippen LogP contribution in [-0.4, -0.2) is 17.6 Å². The van der Waals surface area contributed by atoms with Crippen molar-refractivity contribution in [1.82, 2.24) is 0 Å². The standard InChI is InChI=1S/C16H12F2N2O3/c1-9(21)10-2-5-12(6-3-10)19-15(22)16(23)20-14-8-11(17)4-7-13(14)18/h2-8H,1H3,(H,19,22)(H,20,23). The van der Waals surface area contributed by atoms with Crippen molar-refractivity contribution >= 4 is 29.0 Å². The van der Waals surface area contributed by atoms with E-state index in [0.29, 0.717) is 5.56 Å². The predicted octanol–water partition coefficient (Wildman–Crippen LogP) is 2.74. The van der Waals surface area contributed by atoms with E-state index < -0.39 is 29.1 Å². The molecule has 0 bridgehead atoms. The molecule has 0 saturated heterocycles. The van der Waals surface area contributed by atoms with Gasteiger partial charge in [0.15, 0.2) is 5.78 Å². The summed E-state index contributed by atoms with van der Waals surface area (Å²) in [4.78, 5) is 34.5. The minimum atomic E-state index is -1.15. The Bertz CT molecular complexity index is 773. The Morgan fingerprint density at radius 1 is 0.870 bits per heavy atom. The molecule has 0 fully saturated rings. The van der Waals surface area contributed by atoms with Crippen molar-refractivity contribution in [3.05, 3.63) is 59.7 Å². The maximum atomic E-state index is 13.4. The van der Waals surface area contributed by atoms with E-state index in [1.54, 1.807) is 0 Å². The van der Waals surface area contributed by atoms with Crippen molar-refractivity contribution in [2.75, 3.05) is 10.6 Å². The molecule has 0 heterocycles. The molecule has 0 aromatic heterocycles. The van der Waals surface area contributed by atoms with Gasteiger partial charge in [-0.3, -0.25) is 14.4 Å². The topological polar surface area (TPSA) is 75.3 Å². The highest BCUT2D eigenvalue weighted by molar-refractivity contribution is 6.43. The van der Waals surface area contributed by atoms with Gasteiger partial charge in [0.2, 0.25) is 0 Å². The zero-order valence-electron chi connectivity index (χ0n) is 12.0. The quantitative estimate of drug-likeness (QED) is 0.675. The van der Waals surface area contributed by atoms with Gasteiger partial charge in [0.1, 0.15) is 11.6 Å². The number of carbonyl (C=O) groups excluding carboxylic acids is 3. The molecule has 0 radical (unpaired) electrons. The molecule has 2 N–H and O–H groups in total. The molecule has 0 aliphatic carbocycles. The lowest BCUT2D eigenvalue weighted by Crippen LogP contribution is -2.29. The number of anilines is 2. The number of carbonyl (C=O) groups is 3. The summed E-state index contributed by atoms with van der Waals surface area (Å²) >= 11 is 0. The van der Waals surface area contributed by atoms with E-state index in [1.807, 2.05) is 5.32 Å². The third-order valence-corrected chi connectivity index (χ3v) is 2.93. The molecule has 5 nitrogen and oxygen atoms in total. The number of amides is 2. The van der Waals surface area contributed by atoms with Gasteiger partial charge in [-0.15, -0.1) is 0 Å². The van der Waals surface area contributed by atoms with Crippen LogP contribution in [0.1, 0.15) is 17.3 Å². The fraction of sp³-hybridized carbons (Fsp3) is 0.0625. The lowest BCUT2D eigenvalue weighted by molar-refractivity contribution is -0.133. The highest BCUT2D eigenvalue weighted by Gasteiger charge is 2.16. The van der Waals surface area contributed by atoms with Crippen molar-refractivity contribution in [3.8, 4) is 0 Å². The highest BCUT2D eigenvalue weighted by atomic mass is 19.1. The SMILES string of the molecule is CC(=O)c1ccc(NC(=O)C(=O)Nc2cc(F)ccc2F)cc1. The normalized spacial score (nSPS) is 10.0. The van der Waals surface area contributed by atoms with Crippen LogP contribution in [0.15, 0.2) is 42.5 Å². The molecule has 0 aliphatic rings. The zero-order chi connectivity index (χ0) is 17.0. The largest absolute Gasteiger partial charge is 0.318 e. The van der Waals surface area contributed by atoms with Crippen LogP contribution in [0.5, 0.6) is 0 Å². The van der Waals surface area contributed by atoms with Gasteiger partial charge in [0.05, 0.1) is 5.69 Å². The van der Waals surface area contributed by atoms with Crippen LogP contribution in [0.2, 0.25) is 0 Å². The molecule has 0 aliphatic heterocycles. The lowest BCUT2D eigenvalue weighted by Gasteiger charge is -2.08. The molecule has 0 spiro atoms. The number of hydrogen-bond acceptors (Lipinski definition) is 3. The molecular formula is C16H12F2N2O3. The van der Waals surface area contributed by atoms with E-state index in [2.05, 4.69) is 5.32 Å². The van der Waals surface area contributed by atoms with Crippen molar-refractivity contribution < 1.29 is 23.2 Å². The fourth-order valence-electron chi connectivity index (χ4n) is 1.75. The first-order chi connectivity index (χ1) is 10.9. The van der Waals surface area contributed by atoms with Gasteiger partial charge in [-0.05, 0) is 43.3 Å². The van der Waals surface area contributed by atoms with Gasteiger partial charge in [-0.2, -0.15) is 0 Å². The molecule has 118 valence electrons. The maximum absolute atomic E-state index is 13.4. The first kappa shape index (κ1) is 16.3. The second-order valence-electron chi connectivity index (χ2n) is 4.67. The van der Waals surface area contributed by atoms with Crippen LogP contribution >= 0.6 is 0 Å². The molecule has 7 heteroatoms. The van der Waals surface area contributed by atoms with Gasteiger partial charge in [0.25, 0.3) is 0 Å². The summed E-state index contributed by atoms with van der Waals surface area (Å²) in [6, 6.07) is 8.37. The molecule has 0 saturated carbocycles. The van der Waals surface area contributed by atoms with Crippen LogP contribution in [0, 0.1) is 11.6 Å². The first-order valence-electron chi connectivity index (χ1n) is 6.55. The third-order valence-electron chi connectivity index (χ3n) is 2.93. The molecule has 2 rings (SSSR count). The Morgan fingerprint density at radius 2 is 1.48 bits per heavy atom. The number of Topliss-reactive ketones (excluding diaryl/α,β-unsaturated/α-hetero) is 1. The van der Waals surface area contributed by atoms with E-state index in [0.717, 1.165) is 18.2 Å². The molecule has 2 amide bonds. The monoisotopic (exact) mass is 318 g/mol. The smallest absolute Gasteiger partial charge is 0.314 e. The zero-order valence-corrected chi connectivity index (χ0v) is 12.0. The summed E-state index contributed by atoms with van der Waals surface area (Å²) in [7, 11) is 0. The molecule has 2 aromatic rings. The van der Waals surface area contributed by atoms with E-state index in [-0.39, 0.29) is 11.5 Å². The van der Waals surface area contributed by atoms with Crippen LogP contribution in [0.4, 0.5) is 20.2 Å². The summed E-state index contributed by atoms with van der Waals surface area (Å²) < 4.78 is 26.4. The van der Waals surface area contributed by atoms with Crippen LogP contribution in [-0.2, 0) is 9.59 Å². The molecule has 2 aromatic carbocycles. The Hall–Kier alpha value is -3.09. The van der Waals surface area contributed by atoms with Crippen LogP contribution < -0.4 is 10.6 Å². The van der Waals surface area contributed by atoms with Crippen molar-refractivity contribution in [2.24, 2.45) is 0 Å². The number of hydrogen-bond donors (Lipinski definition) is 2. The summed E-state index contributed by atoms with van der Waals surface area (Å²) in [5.74, 6) is -3.95. The average Bonchev–Trinajstić information content (AvgIpc) is 2.51. The Labute approximate surface area is 130 Å². The summed E-state index contributed by atoms with van der Waals surface area (Å²) in [5, 5.41) is 4.26. The van der Waals surface area contributed by atoms with Crippen molar-refractivity contribution in [3.63, 3.8) is 0 Å². The Morgan fingerprint density at radius 3 is 2.09 bits per heavy atom. The van der Waals surface area contributed by atoms with Crippen molar-refractivity contribution in [2.45, 2.75) is 6.92 Å². The highest BCUT2D eigenvalue weighted by Crippen LogP contribution is 2.15. The molecular weight excluding hydrogens is 306 g/mol. The number of rotatable bonds is 3. The van der Waals surface area contributed by atoms with E-state index >= 15 is 0 Å². The minimum Gasteiger partial charge on any atom is -0.318 e. The number of halogens is 2. The average molecular weight is 318 g/mol. The van der Waals surface area contributed by atoms with Gasteiger partial charge in [-0.1, -0.05) is 0 Å². The van der Waals surface area contributed by atoms with Gasteiger partial charge >= 0.3 is 11.8 Å². The van der Waals surface area contributed by atoms with Crippen LogP contribution in [0.3, 0.4) is 0 Å². The third kappa shape index (κ3) is 4.19. The van der Waals surface area contributed by atoms with E-state index in [1.165, 1.54) is 31.2 Å². The summed E-state index contributed by atoms with van der Waals surface area (Å²) in [6.07, 6.45) is 0. The van der Waals surface area contributed by atoms with E-state index in [9.17, 15) is 23.2 Å². The maximum Gasteiger partial charge on any atom is 0.314 e. The van der Waals surface area contributed by atoms with Gasteiger partial charge < -0.3 is 10.6 Å². The predicted molar refractivity (Wildman–Crippen MR) is 80.1 cm³/mol.